The number of hydrogen-bond acceptors (Lipinski definition) is 4. The van der Waals surface area contributed by atoms with Gasteiger partial charge in [-0.3, -0.25) is 4.79 Å². The molecule has 1 N–H and O–H groups in total. The zero-order chi connectivity index (χ0) is 19.2. The van der Waals surface area contributed by atoms with Gasteiger partial charge in [0, 0.05) is 6.07 Å². The molecule has 26 heavy (non-hydrogen) atoms. The maximum absolute atomic E-state index is 12.2. The Bertz CT molecular complexity index is 733. The average Bonchev–Trinajstić information content (AvgIpc) is 2.61. The molecule has 0 radical (unpaired) electrons. The quantitative estimate of drug-likeness (QED) is 0.797. The van der Waals surface area contributed by atoms with Gasteiger partial charge in [0.25, 0.3) is 0 Å². The molecule has 0 aliphatic carbocycles. The second-order valence-corrected chi connectivity index (χ2v) is 6.99. The van der Waals surface area contributed by atoms with Crippen LogP contribution in [0.2, 0.25) is 0 Å². The third-order valence-electron chi connectivity index (χ3n) is 4.00. The first kappa shape index (κ1) is 19.6. The third-order valence-corrected chi connectivity index (χ3v) is 4.00. The Morgan fingerprint density at radius 2 is 1.62 bits per heavy atom. The molecule has 0 aliphatic rings. The fraction of sp³-hybridized carbons (Fsp3) is 0.381. The molecular formula is C21H27NO4. The van der Waals surface area contributed by atoms with Gasteiger partial charge in [-0.2, -0.15) is 0 Å². The fourth-order valence-electron chi connectivity index (χ4n) is 2.44. The molecule has 0 spiro atoms. The highest BCUT2D eigenvalue weighted by molar-refractivity contribution is 5.92. The van der Waals surface area contributed by atoms with Crippen LogP contribution in [0.1, 0.15) is 32.8 Å². The minimum absolute atomic E-state index is 0.105. The molecule has 0 atom stereocenters. The lowest BCUT2D eigenvalue weighted by molar-refractivity contribution is -0.116. The van der Waals surface area contributed by atoms with Gasteiger partial charge in [0.05, 0.1) is 32.9 Å². The summed E-state index contributed by atoms with van der Waals surface area (Å²) in [6.07, 6.45) is 0.237. The van der Waals surface area contributed by atoms with Crippen LogP contribution in [0.3, 0.4) is 0 Å². The third kappa shape index (κ3) is 5.41. The molecule has 2 rings (SSSR count). The highest BCUT2D eigenvalue weighted by Crippen LogP contribution is 2.29. The van der Waals surface area contributed by atoms with Gasteiger partial charge in [-0.1, -0.05) is 32.9 Å². The van der Waals surface area contributed by atoms with Crippen LogP contribution in [0.4, 0.5) is 5.69 Å². The van der Waals surface area contributed by atoms with Crippen molar-refractivity contribution in [3.05, 3.63) is 48.0 Å². The first-order valence-electron chi connectivity index (χ1n) is 8.58. The van der Waals surface area contributed by atoms with Gasteiger partial charge in [-0.15, -0.1) is 0 Å². The SMILES string of the molecule is COc1ccc(OC)c(NC(=O)CCOc2ccc(C(C)(C)C)cc2)c1. The summed E-state index contributed by atoms with van der Waals surface area (Å²) in [5, 5.41) is 2.83. The lowest BCUT2D eigenvalue weighted by Crippen LogP contribution is -2.16. The molecule has 0 unspecified atom stereocenters. The smallest absolute Gasteiger partial charge is 0.227 e. The first-order valence-corrected chi connectivity index (χ1v) is 8.58. The van der Waals surface area contributed by atoms with Crippen molar-refractivity contribution in [2.75, 3.05) is 26.1 Å². The van der Waals surface area contributed by atoms with Crippen LogP contribution in [-0.4, -0.2) is 26.7 Å². The summed E-state index contributed by atoms with van der Waals surface area (Å²) in [4.78, 5) is 12.2. The number of benzene rings is 2. The van der Waals surface area contributed by atoms with Crippen LogP contribution in [-0.2, 0) is 10.2 Å². The van der Waals surface area contributed by atoms with E-state index in [1.807, 2.05) is 12.1 Å². The summed E-state index contributed by atoms with van der Waals surface area (Å²) in [5.74, 6) is 1.83. The number of carbonyl (C=O) groups is 1. The van der Waals surface area contributed by atoms with Crippen molar-refractivity contribution in [2.24, 2.45) is 0 Å². The normalized spacial score (nSPS) is 11.0. The second kappa shape index (κ2) is 8.61. The molecule has 2 aromatic carbocycles. The largest absolute Gasteiger partial charge is 0.497 e. The van der Waals surface area contributed by atoms with Crippen molar-refractivity contribution in [3.8, 4) is 17.2 Å². The lowest BCUT2D eigenvalue weighted by Gasteiger charge is -2.19. The maximum Gasteiger partial charge on any atom is 0.227 e. The highest BCUT2D eigenvalue weighted by Gasteiger charge is 2.13. The van der Waals surface area contributed by atoms with Crippen molar-refractivity contribution in [3.63, 3.8) is 0 Å². The molecule has 5 heteroatoms. The molecule has 0 saturated carbocycles. The standard InChI is InChI=1S/C21H27NO4/c1-21(2,3)15-6-8-16(9-7-15)26-13-12-20(23)22-18-14-17(24-4)10-11-19(18)25-5/h6-11,14H,12-13H2,1-5H3,(H,22,23). The van der Waals surface area contributed by atoms with Gasteiger partial charge in [-0.05, 0) is 35.2 Å². The Kier molecular flexibility index (Phi) is 6.50. The van der Waals surface area contributed by atoms with E-state index in [2.05, 4.69) is 38.2 Å². The Morgan fingerprint density at radius 3 is 2.19 bits per heavy atom. The number of methoxy groups -OCH3 is 2. The Labute approximate surface area is 155 Å². The topological polar surface area (TPSA) is 56.8 Å². The van der Waals surface area contributed by atoms with Crippen LogP contribution in [0.15, 0.2) is 42.5 Å². The number of rotatable bonds is 7. The van der Waals surface area contributed by atoms with E-state index in [0.29, 0.717) is 23.8 Å². The number of nitrogens with one attached hydrogen (secondary N) is 1. The van der Waals surface area contributed by atoms with E-state index in [1.165, 1.54) is 5.56 Å². The summed E-state index contributed by atoms with van der Waals surface area (Å²) >= 11 is 0. The first-order chi connectivity index (χ1) is 12.3. The van der Waals surface area contributed by atoms with Crippen molar-refractivity contribution in [2.45, 2.75) is 32.6 Å². The minimum Gasteiger partial charge on any atom is -0.497 e. The Balaban J connectivity index is 1.87. The Hall–Kier alpha value is -2.69. The number of ether oxygens (including phenoxy) is 3. The van der Waals surface area contributed by atoms with E-state index in [-0.39, 0.29) is 17.7 Å². The second-order valence-electron chi connectivity index (χ2n) is 6.99. The lowest BCUT2D eigenvalue weighted by atomic mass is 9.87. The summed E-state index contributed by atoms with van der Waals surface area (Å²) in [6, 6.07) is 13.2. The molecule has 0 fully saturated rings. The predicted molar refractivity (Wildman–Crippen MR) is 103 cm³/mol. The van der Waals surface area contributed by atoms with Gasteiger partial charge in [-0.25, -0.2) is 0 Å². The van der Waals surface area contributed by atoms with Crippen LogP contribution < -0.4 is 19.5 Å². The number of hydrogen-bond donors (Lipinski definition) is 1. The van der Waals surface area contributed by atoms with Crippen LogP contribution >= 0.6 is 0 Å². The maximum atomic E-state index is 12.2. The molecule has 0 bridgehead atoms. The minimum atomic E-state index is -0.150. The zero-order valence-corrected chi connectivity index (χ0v) is 16.1. The molecule has 2 aromatic rings. The molecule has 0 aliphatic heterocycles. The molecule has 140 valence electrons. The van der Waals surface area contributed by atoms with Gasteiger partial charge in [0.2, 0.25) is 5.91 Å². The van der Waals surface area contributed by atoms with Gasteiger partial charge >= 0.3 is 0 Å². The van der Waals surface area contributed by atoms with E-state index in [0.717, 1.165) is 5.75 Å². The molecular weight excluding hydrogens is 330 g/mol. The van der Waals surface area contributed by atoms with Crippen molar-refractivity contribution < 1.29 is 19.0 Å². The van der Waals surface area contributed by atoms with E-state index in [4.69, 9.17) is 14.2 Å². The average molecular weight is 357 g/mol. The van der Waals surface area contributed by atoms with E-state index in [9.17, 15) is 4.79 Å². The van der Waals surface area contributed by atoms with E-state index < -0.39 is 0 Å². The van der Waals surface area contributed by atoms with Crippen molar-refractivity contribution >= 4 is 11.6 Å². The van der Waals surface area contributed by atoms with Crippen LogP contribution in [0.25, 0.3) is 0 Å². The summed E-state index contributed by atoms with van der Waals surface area (Å²) < 4.78 is 16.1. The Morgan fingerprint density at radius 1 is 0.962 bits per heavy atom. The monoisotopic (exact) mass is 357 g/mol. The van der Waals surface area contributed by atoms with Crippen molar-refractivity contribution in [1.29, 1.82) is 0 Å². The summed E-state index contributed by atoms with van der Waals surface area (Å²) in [5.41, 5.74) is 1.92. The van der Waals surface area contributed by atoms with Gasteiger partial charge in [0.1, 0.15) is 17.2 Å². The van der Waals surface area contributed by atoms with Gasteiger partial charge < -0.3 is 19.5 Å². The van der Waals surface area contributed by atoms with Gasteiger partial charge in [0.15, 0.2) is 0 Å². The zero-order valence-electron chi connectivity index (χ0n) is 16.1. The van der Waals surface area contributed by atoms with Crippen molar-refractivity contribution in [1.82, 2.24) is 0 Å². The van der Waals surface area contributed by atoms with E-state index in [1.54, 1.807) is 32.4 Å². The number of amides is 1. The molecule has 0 saturated heterocycles. The molecule has 0 aromatic heterocycles. The predicted octanol–water partition coefficient (Wildman–Crippen LogP) is 4.41. The molecule has 0 heterocycles. The molecule has 1 amide bonds. The molecule has 5 nitrogen and oxygen atoms in total. The summed E-state index contributed by atoms with van der Waals surface area (Å²) in [7, 11) is 3.13. The van der Waals surface area contributed by atoms with Crippen LogP contribution in [0, 0.1) is 0 Å². The van der Waals surface area contributed by atoms with Crippen LogP contribution in [0.5, 0.6) is 17.2 Å². The van der Waals surface area contributed by atoms with E-state index >= 15 is 0 Å². The number of anilines is 1. The summed E-state index contributed by atoms with van der Waals surface area (Å²) in [6.45, 7) is 6.80. The highest BCUT2D eigenvalue weighted by atomic mass is 16.5. The number of carbonyl (C=O) groups excluding carboxylic acids is 1. The fourth-order valence-corrected chi connectivity index (χ4v) is 2.44.